The number of aliphatic carboxylic acids is 1. The van der Waals surface area contributed by atoms with Crippen LogP contribution in [0.5, 0.6) is 5.75 Å². The molecule has 3 rings (SSSR count). The van der Waals surface area contributed by atoms with Crippen molar-refractivity contribution in [1.82, 2.24) is 5.32 Å². The third kappa shape index (κ3) is 3.40. The molecule has 2 unspecified atom stereocenters. The van der Waals surface area contributed by atoms with Gasteiger partial charge in [-0.3, -0.25) is 9.59 Å². The minimum Gasteiger partial charge on any atom is -0.496 e. The Labute approximate surface area is 142 Å². The molecule has 2 aliphatic rings. The van der Waals surface area contributed by atoms with Crippen LogP contribution in [0.15, 0.2) is 24.3 Å². The maximum atomic E-state index is 12.5. The first-order valence-electron chi connectivity index (χ1n) is 8.70. The molecule has 0 radical (unpaired) electrons. The third-order valence-corrected chi connectivity index (χ3v) is 5.53. The molecule has 5 nitrogen and oxygen atoms in total. The Morgan fingerprint density at radius 3 is 2.62 bits per heavy atom. The first-order chi connectivity index (χ1) is 11.6. The summed E-state index contributed by atoms with van der Waals surface area (Å²) >= 11 is 0. The Bertz CT molecular complexity index is 624. The lowest BCUT2D eigenvalue weighted by Crippen LogP contribution is -2.39. The minimum atomic E-state index is -0.778. The lowest BCUT2D eigenvalue weighted by Gasteiger charge is -2.27. The van der Waals surface area contributed by atoms with E-state index in [4.69, 9.17) is 9.84 Å². The highest BCUT2D eigenvalue weighted by Crippen LogP contribution is 2.50. The van der Waals surface area contributed by atoms with Gasteiger partial charge in [0.1, 0.15) is 5.75 Å². The standard InChI is InChI=1S/C19H25NO4/c1-24-16-8-3-2-7-15(16)19(9-10-19)12-20-17(21)13-5-4-6-14(11-13)18(22)23/h2-3,7-8,13-14H,4-6,9-12H2,1H3,(H,20,21)(H,22,23). The number of carbonyl (C=O) groups is 2. The van der Waals surface area contributed by atoms with E-state index in [1.165, 1.54) is 0 Å². The SMILES string of the molecule is COc1ccccc1C1(CNC(=O)C2CCCC(C(=O)O)C2)CC1. The normalized spacial score (nSPS) is 24.9. The van der Waals surface area contributed by atoms with Gasteiger partial charge in [0.2, 0.25) is 5.91 Å². The monoisotopic (exact) mass is 331 g/mol. The van der Waals surface area contributed by atoms with E-state index < -0.39 is 5.97 Å². The van der Waals surface area contributed by atoms with Crippen LogP contribution in [0, 0.1) is 11.8 Å². The molecule has 1 aromatic carbocycles. The second-order valence-electron chi connectivity index (χ2n) is 7.10. The molecule has 2 aliphatic carbocycles. The van der Waals surface area contributed by atoms with E-state index in [2.05, 4.69) is 11.4 Å². The molecule has 0 bridgehead atoms. The van der Waals surface area contributed by atoms with Crippen molar-refractivity contribution in [3.8, 4) is 5.75 Å². The smallest absolute Gasteiger partial charge is 0.306 e. The number of methoxy groups -OCH3 is 1. The van der Waals surface area contributed by atoms with Gasteiger partial charge in [0, 0.05) is 23.4 Å². The van der Waals surface area contributed by atoms with E-state index in [-0.39, 0.29) is 23.2 Å². The van der Waals surface area contributed by atoms with Crippen molar-refractivity contribution in [1.29, 1.82) is 0 Å². The van der Waals surface area contributed by atoms with Gasteiger partial charge in [0.15, 0.2) is 0 Å². The summed E-state index contributed by atoms with van der Waals surface area (Å²) in [4.78, 5) is 23.7. The highest BCUT2D eigenvalue weighted by Gasteiger charge is 2.46. The molecule has 2 N–H and O–H groups in total. The number of carboxylic acids is 1. The van der Waals surface area contributed by atoms with Crippen molar-refractivity contribution in [2.24, 2.45) is 11.8 Å². The quantitative estimate of drug-likeness (QED) is 0.840. The van der Waals surface area contributed by atoms with Gasteiger partial charge >= 0.3 is 5.97 Å². The molecule has 1 aromatic rings. The Morgan fingerprint density at radius 2 is 1.96 bits per heavy atom. The summed E-state index contributed by atoms with van der Waals surface area (Å²) in [7, 11) is 1.67. The molecule has 130 valence electrons. The van der Waals surface area contributed by atoms with Crippen molar-refractivity contribution in [2.75, 3.05) is 13.7 Å². The second-order valence-corrected chi connectivity index (χ2v) is 7.10. The third-order valence-electron chi connectivity index (χ3n) is 5.53. The number of carboxylic acid groups (broad SMARTS) is 1. The van der Waals surface area contributed by atoms with Crippen LogP contribution in [0.25, 0.3) is 0 Å². The van der Waals surface area contributed by atoms with Crippen molar-refractivity contribution in [2.45, 2.75) is 43.9 Å². The summed E-state index contributed by atoms with van der Waals surface area (Å²) < 4.78 is 5.46. The summed E-state index contributed by atoms with van der Waals surface area (Å²) in [5.74, 6) is -0.456. The number of hydrogen-bond acceptors (Lipinski definition) is 3. The Balaban J connectivity index is 1.61. The molecule has 2 saturated carbocycles. The van der Waals surface area contributed by atoms with Crippen LogP contribution in [0.4, 0.5) is 0 Å². The highest BCUT2D eigenvalue weighted by atomic mass is 16.5. The summed E-state index contributed by atoms with van der Waals surface area (Å²) in [6.45, 7) is 0.598. The number of hydrogen-bond donors (Lipinski definition) is 2. The molecule has 0 saturated heterocycles. The van der Waals surface area contributed by atoms with Crippen LogP contribution in [0.2, 0.25) is 0 Å². The van der Waals surface area contributed by atoms with E-state index in [9.17, 15) is 9.59 Å². The van der Waals surface area contributed by atoms with Gasteiger partial charge in [-0.2, -0.15) is 0 Å². The summed E-state index contributed by atoms with van der Waals surface area (Å²) in [5, 5.41) is 12.2. The zero-order chi connectivity index (χ0) is 17.2. The Morgan fingerprint density at radius 1 is 1.25 bits per heavy atom. The van der Waals surface area contributed by atoms with Gasteiger partial charge in [-0.25, -0.2) is 0 Å². The summed E-state index contributed by atoms with van der Waals surface area (Å²) in [6, 6.07) is 7.97. The molecule has 0 aromatic heterocycles. The zero-order valence-electron chi connectivity index (χ0n) is 14.1. The lowest BCUT2D eigenvalue weighted by atomic mass is 9.81. The number of carbonyl (C=O) groups excluding carboxylic acids is 1. The first kappa shape index (κ1) is 16.8. The van der Waals surface area contributed by atoms with Gasteiger partial charge < -0.3 is 15.2 Å². The number of para-hydroxylation sites is 1. The van der Waals surface area contributed by atoms with E-state index in [1.54, 1.807) is 7.11 Å². The molecule has 2 fully saturated rings. The van der Waals surface area contributed by atoms with Crippen LogP contribution in [0.1, 0.15) is 44.1 Å². The maximum Gasteiger partial charge on any atom is 0.306 e. The Kier molecular flexibility index (Phi) is 4.78. The second kappa shape index (κ2) is 6.83. The minimum absolute atomic E-state index is 0.00197. The zero-order valence-corrected chi connectivity index (χ0v) is 14.1. The van der Waals surface area contributed by atoms with E-state index in [0.29, 0.717) is 19.4 Å². The van der Waals surface area contributed by atoms with E-state index in [1.807, 2.05) is 18.2 Å². The largest absolute Gasteiger partial charge is 0.496 e. The van der Waals surface area contributed by atoms with Gasteiger partial charge in [0.05, 0.1) is 13.0 Å². The number of ether oxygens (including phenoxy) is 1. The maximum absolute atomic E-state index is 12.5. The number of nitrogens with one attached hydrogen (secondary N) is 1. The van der Waals surface area contributed by atoms with Gasteiger partial charge in [-0.15, -0.1) is 0 Å². The van der Waals surface area contributed by atoms with Crippen LogP contribution in [-0.4, -0.2) is 30.6 Å². The summed E-state index contributed by atoms with van der Waals surface area (Å²) in [6.07, 6.45) is 4.82. The molecular formula is C19H25NO4. The van der Waals surface area contributed by atoms with Crippen LogP contribution < -0.4 is 10.1 Å². The topological polar surface area (TPSA) is 75.6 Å². The molecular weight excluding hydrogens is 306 g/mol. The fourth-order valence-electron chi connectivity index (χ4n) is 3.83. The number of rotatable bonds is 6. The van der Waals surface area contributed by atoms with Crippen LogP contribution in [0.3, 0.4) is 0 Å². The first-order valence-corrected chi connectivity index (χ1v) is 8.70. The van der Waals surface area contributed by atoms with Gasteiger partial charge in [-0.1, -0.05) is 24.6 Å². The molecule has 2 atom stereocenters. The van der Waals surface area contributed by atoms with E-state index >= 15 is 0 Å². The van der Waals surface area contributed by atoms with Crippen LogP contribution in [-0.2, 0) is 15.0 Å². The fraction of sp³-hybridized carbons (Fsp3) is 0.579. The van der Waals surface area contributed by atoms with Crippen molar-refractivity contribution in [3.63, 3.8) is 0 Å². The van der Waals surface area contributed by atoms with Crippen molar-refractivity contribution < 1.29 is 19.4 Å². The summed E-state index contributed by atoms with van der Waals surface area (Å²) in [5.41, 5.74) is 1.13. The van der Waals surface area contributed by atoms with Crippen LogP contribution >= 0.6 is 0 Å². The number of amides is 1. The van der Waals surface area contributed by atoms with Gasteiger partial charge in [0.25, 0.3) is 0 Å². The average molecular weight is 331 g/mol. The van der Waals surface area contributed by atoms with Crippen molar-refractivity contribution in [3.05, 3.63) is 29.8 Å². The number of benzene rings is 1. The average Bonchev–Trinajstić information content (AvgIpc) is 3.40. The molecule has 5 heteroatoms. The fourth-order valence-corrected chi connectivity index (χ4v) is 3.83. The predicted octanol–water partition coefficient (Wildman–Crippen LogP) is 2.73. The molecule has 0 heterocycles. The Hall–Kier alpha value is -2.04. The predicted molar refractivity (Wildman–Crippen MR) is 90.0 cm³/mol. The highest BCUT2D eigenvalue weighted by molar-refractivity contribution is 5.80. The van der Waals surface area contributed by atoms with E-state index in [0.717, 1.165) is 37.0 Å². The molecule has 1 amide bonds. The van der Waals surface area contributed by atoms with Crippen molar-refractivity contribution >= 4 is 11.9 Å². The molecule has 24 heavy (non-hydrogen) atoms. The molecule has 0 spiro atoms. The molecule has 0 aliphatic heterocycles. The van der Waals surface area contributed by atoms with Gasteiger partial charge in [-0.05, 0) is 38.2 Å². The lowest BCUT2D eigenvalue weighted by molar-refractivity contribution is -0.144.